The van der Waals surface area contributed by atoms with Crippen LogP contribution in [0.3, 0.4) is 0 Å². The number of fused-ring (bicyclic) bond motifs is 1. The molecule has 0 radical (unpaired) electrons. The molecular formula is C14H9F4N3O2S. The summed E-state index contributed by atoms with van der Waals surface area (Å²) in [6.45, 7) is -1.61. The standard InChI is InChI=1S/C14H9F4N3O2S/c15-9-5-7(1-2-10(9)23-6-14(16,17)18)21-12(22)8-3-4-19-11(8)20-13(21)24/h1-5,19H,6H2,(H,20,24). The van der Waals surface area contributed by atoms with E-state index in [9.17, 15) is 22.4 Å². The van der Waals surface area contributed by atoms with Gasteiger partial charge in [-0.2, -0.15) is 13.2 Å². The molecule has 3 aromatic rings. The molecule has 24 heavy (non-hydrogen) atoms. The molecule has 0 atom stereocenters. The molecule has 0 aliphatic heterocycles. The second kappa shape index (κ2) is 5.78. The summed E-state index contributed by atoms with van der Waals surface area (Å²) >= 11 is 5.08. The van der Waals surface area contributed by atoms with Gasteiger partial charge in [-0.25, -0.2) is 4.39 Å². The van der Waals surface area contributed by atoms with Gasteiger partial charge in [-0.3, -0.25) is 9.36 Å². The Bertz CT molecular complexity index is 1020. The van der Waals surface area contributed by atoms with Gasteiger partial charge in [0.25, 0.3) is 5.56 Å². The molecule has 0 amide bonds. The Kier molecular flexibility index (Phi) is 3.91. The molecule has 2 aromatic heterocycles. The fourth-order valence-electron chi connectivity index (χ4n) is 2.17. The highest BCUT2D eigenvalue weighted by Gasteiger charge is 2.29. The summed E-state index contributed by atoms with van der Waals surface area (Å²) < 4.78 is 55.8. The Balaban J connectivity index is 2.04. The summed E-state index contributed by atoms with van der Waals surface area (Å²) in [5, 5.41) is 0.307. The predicted molar refractivity (Wildman–Crippen MR) is 80.6 cm³/mol. The number of halogens is 4. The van der Waals surface area contributed by atoms with E-state index in [0.717, 1.165) is 16.7 Å². The van der Waals surface area contributed by atoms with Gasteiger partial charge in [-0.05, 0) is 30.4 Å². The van der Waals surface area contributed by atoms with Crippen molar-refractivity contribution in [1.82, 2.24) is 14.5 Å². The third-order valence-electron chi connectivity index (χ3n) is 3.18. The topological polar surface area (TPSA) is 62.8 Å². The number of ether oxygens (including phenoxy) is 1. The quantitative estimate of drug-likeness (QED) is 0.556. The molecule has 0 saturated carbocycles. The lowest BCUT2D eigenvalue weighted by Gasteiger charge is -2.11. The molecule has 3 rings (SSSR count). The average Bonchev–Trinajstić information content (AvgIpc) is 2.94. The Labute approximate surface area is 136 Å². The molecular weight excluding hydrogens is 350 g/mol. The highest BCUT2D eigenvalue weighted by atomic mass is 32.1. The van der Waals surface area contributed by atoms with Gasteiger partial charge in [0.15, 0.2) is 22.9 Å². The SMILES string of the molecule is O=c1c2cc[nH]c2[nH]c(=S)n1-c1ccc(OCC(F)(F)F)c(F)c1. The predicted octanol–water partition coefficient (Wildman–Crippen LogP) is 3.46. The number of alkyl halides is 3. The monoisotopic (exact) mass is 359 g/mol. The van der Waals surface area contributed by atoms with Gasteiger partial charge in [-0.1, -0.05) is 0 Å². The van der Waals surface area contributed by atoms with Crippen molar-refractivity contribution in [2.75, 3.05) is 6.61 Å². The highest BCUT2D eigenvalue weighted by Crippen LogP contribution is 2.23. The minimum atomic E-state index is -4.58. The van der Waals surface area contributed by atoms with Crippen molar-refractivity contribution in [1.29, 1.82) is 0 Å². The molecule has 10 heteroatoms. The first-order chi connectivity index (χ1) is 11.3. The van der Waals surface area contributed by atoms with Crippen molar-refractivity contribution in [3.63, 3.8) is 0 Å². The molecule has 126 valence electrons. The van der Waals surface area contributed by atoms with Crippen molar-refractivity contribution < 1.29 is 22.3 Å². The molecule has 0 unspecified atom stereocenters. The number of aromatic nitrogens is 3. The number of nitrogens with one attached hydrogen (secondary N) is 2. The summed E-state index contributed by atoms with van der Waals surface area (Å²) in [5.74, 6) is -1.60. The first-order valence-electron chi connectivity index (χ1n) is 6.58. The minimum Gasteiger partial charge on any atom is -0.481 e. The fraction of sp³-hybridized carbons (Fsp3) is 0.143. The number of H-pyrrole nitrogens is 2. The number of benzene rings is 1. The van der Waals surface area contributed by atoms with Crippen LogP contribution in [-0.2, 0) is 0 Å². The lowest BCUT2D eigenvalue weighted by Crippen LogP contribution is -2.21. The maximum absolute atomic E-state index is 14.0. The van der Waals surface area contributed by atoms with Gasteiger partial charge in [-0.15, -0.1) is 0 Å². The van der Waals surface area contributed by atoms with E-state index >= 15 is 0 Å². The van der Waals surface area contributed by atoms with E-state index in [2.05, 4.69) is 14.7 Å². The van der Waals surface area contributed by atoms with E-state index < -0.39 is 29.9 Å². The van der Waals surface area contributed by atoms with Crippen molar-refractivity contribution in [2.24, 2.45) is 0 Å². The number of aromatic amines is 2. The van der Waals surface area contributed by atoms with Crippen molar-refractivity contribution in [2.45, 2.75) is 6.18 Å². The number of rotatable bonds is 3. The Morgan fingerprint density at radius 2 is 2.00 bits per heavy atom. The van der Waals surface area contributed by atoms with E-state index in [1.807, 2.05) is 0 Å². The molecule has 1 aromatic carbocycles. The van der Waals surface area contributed by atoms with Gasteiger partial charge >= 0.3 is 6.18 Å². The van der Waals surface area contributed by atoms with Crippen LogP contribution in [0.2, 0.25) is 0 Å². The van der Waals surface area contributed by atoms with Gasteiger partial charge in [0.1, 0.15) is 5.65 Å². The van der Waals surface area contributed by atoms with Gasteiger partial charge in [0.05, 0.1) is 11.1 Å². The largest absolute Gasteiger partial charge is 0.481 e. The van der Waals surface area contributed by atoms with Gasteiger partial charge in [0.2, 0.25) is 0 Å². The van der Waals surface area contributed by atoms with E-state index in [-0.39, 0.29) is 10.5 Å². The maximum atomic E-state index is 14.0. The second-order valence-electron chi connectivity index (χ2n) is 4.86. The minimum absolute atomic E-state index is 0.0123. The average molecular weight is 359 g/mol. The van der Waals surface area contributed by atoms with Crippen LogP contribution in [0.25, 0.3) is 16.7 Å². The van der Waals surface area contributed by atoms with Gasteiger partial charge < -0.3 is 14.7 Å². The summed E-state index contributed by atoms with van der Waals surface area (Å²) in [7, 11) is 0. The fourth-order valence-corrected chi connectivity index (χ4v) is 2.46. The van der Waals surface area contributed by atoms with Crippen LogP contribution in [0.4, 0.5) is 17.6 Å². The van der Waals surface area contributed by atoms with E-state index in [0.29, 0.717) is 11.0 Å². The van der Waals surface area contributed by atoms with E-state index in [1.165, 1.54) is 18.3 Å². The van der Waals surface area contributed by atoms with Crippen LogP contribution in [-0.4, -0.2) is 27.3 Å². The molecule has 5 nitrogen and oxygen atoms in total. The van der Waals surface area contributed by atoms with E-state index in [4.69, 9.17) is 12.2 Å². The molecule has 0 fully saturated rings. The summed E-state index contributed by atoms with van der Waals surface area (Å²) in [4.78, 5) is 18.0. The molecule has 0 aliphatic carbocycles. The third kappa shape index (κ3) is 3.04. The third-order valence-corrected chi connectivity index (χ3v) is 3.47. The van der Waals surface area contributed by atoms with Crippen LogP contribution in [0.1, 0.15) is 0 Å². The van der Waals surface area contributed by atoms with Crippen LogP contribution in [0, 0.1) is 10.6 Å². The summed E-state index contributed by atoms with van der Waals surface area (Å²) in [6, 6.07) is 4.67. The zero-order valence-electron chi connectivity index (χ0n) is 11.8. The van der Waals surface area contributed by atoms with Crippen molar-refractivity contribution in [3.8, 4) is 11.4 Å². The summed E-state index contributed by atoms with van der Waals surface area (Å²) in [6.07, 6.45) is -3.04. The molecule has 2 heterocycles. The number of nitrogens with zero attached hydrogens (tertiary/aromatic N) is 1. The zero-order valence-corrected chi connectivity index (χ0v) is 12.6. The first-order valence-corrected chi connectivity index (χ1v) is 6.99. The molecule has 0 aliphatic rings. The Morgan fingerprint density at radius 1 is 1.25 bits per heavy atom. The van der Waals surface area contributed by atoms with Crippen LogP contribution < -0.4 is 10.3 Å². The number of hydrogen-bond donors (Lipinski definition) is 2. The molecule has 0 bridgehead atoms. The molecule has 0 spiro atoms. The number of hydrogen-bond acceptors (Lipinski definition) is 3. The lowest BCUT2D eigenvalue weighted by molar-refractivity contribution is -0.153. The molecule has 2 N–H and O–H groups in total. The van der Waals surface area contributed by atoms with Crippen molar-refractivity contribution >= 4 is 23.3 Å². The molecule has 0 saturated heterocycles. The Morgan fingerprint density at radius 3 is 2.67 bits per heavy atom. The lowest BCUT2D eigenvalue weighted by atomic mass is 10.2. The first kappa shape index (κ1) is 16.2. The van der Waals surface area contributed by atoms with Crippen molar-refractivity contribution in [3.05, 3.63) is 51.4 Å². The van der Waals surface area contributed by atoms with E-state index in [1.54, 1.807) is 0 Å². The van der Waals surface area contributed by atoms with Gasteiger partial charge in [0, 0.05) is 12.3 Å². The maximum Gasteiger partial charge on any atom is 0.422 e. The van der Waals surface area contributed by atoms with Crippen LogP contribution in [0.5, 0.6) is 5.75 Å². The second-order valence-corrected chi connectivity index (χ2v) is 5.24. The van der Waals surface area contributed by atoms with Crippen LogP contribution >= 0.6 is 12.2 Å². The summed E-state index contributed by atoms with van der Waals surface area (Å²) in [5.41, 5.74) is 0.00595. The normalized spacial score (nSPS) is 11.8. The zero-order chi connectivity index (χ0) is 17.5. The smallest absolute Gasteiger partial charge is 0.422 e. The highest BCUT2D eigenvalue weighted by molar-refractivity contribution is 7.71. The Hall–Kier alpha value is -2.62. The van der Waals surface area contributed by atoms with Crippen LogP contribution in [0.15, 0.2) is 35.3 Å².